The van der Waals surface area contributed by atoms with Gasteiger partial charge in [-0.25, -0.2) is 4.98 Å². The number of hydrogen-bond donors (Lipinski definition) is 0. The monoisotopic (exact) mass is 395 g/mol. The molecule has 0 bridgehead atoms. The molecule has 0 radical (unpaired) electrons. The van der Waals surface area contributed by atoms with Crippen molar-refractivity contribution in [3.05, 3.63) is 42.1 Å². The van der Waals surface area contributed by atoms with Crippen LogP contribution in [0.4, 0.5) is 5.69 Å². The summed E-state index contributed by atoms with van der Waals surface area (Å²) in [6.45, 7) is 11.0. The standard InChI is InChI=1S/C24H33N3O2/c1-6-15-27(16-7-2)20-10-8-19(9-11-20)21-12-14-26-23(22(21)18-25)29-24(3,4)13-17-28-5/h8-12,14H,6-7,13,15-17H2,1-5H3. The van der Waals surface area contributed by atoms with E-state index < -0.39 is 5.60 Å². The van der Waals surface area contributed by atoms with Crippen molar-refractivity contribution in [3.63, 3.8) is 0 Å². The molecule has 0 fully saturated rings. The first kappa shape index (κ1) is 22.7. The number of ether oxygens (including phenoxy) is 2. The van der Waals surface area contributed by atoms with E-state index >= 15 is 0 Å². The molecule has 5 heteroatoms. The fourth-order valence-electron chi connectivity index (χ4n) is 3.29. The van der Waals surface area contributed by atoms with Crippen LogP contribution in [0.1, 0.15) is 52.5 Å². The molecule has 0 saturated carbocycles. The van der Waals surface area contributed by atoms with Gasteiger partial charge in [0.15, 0.2) is 0 Å². The maximum absolute atomic E-state index is 9.81. The average molecular weight is 396 g/mol. The highest BCUT2D eigenvalue weighted by Gasteiger charge is 2.23. The van der Waals surface area contributed by atoms with Crippen molar-refractivity contribution in [2.75, 3.05) is 31.7 Å². The maximum Gasteiger partial charge on any atom is 0.232 e. The van der Waals surface area contributed by atoms with Gasteiger partial charge in [0.05, 0.1) is 0 Å². The van der Waals surface area contributed by atoms with E-state index in [4.69, 9.17) is 9.47 Å². The SMILES string of the molecule is CCCN(CCC)c1ccc(-c2ccnc(OC(C)(C)CCOC)c2C#N)cc1. The molecular weight excluding hydrogens is 362 g/mol. The molecule has 29 heavy (non-hydrogen) atoms. The van der Waals surface area contributed by atoms with E-state index in [-0.39, 0.29) is 0 Å². The molecule has 0 atom stereocenters. The van der Waals surface area contributed by atoms with Crippen LogP contribution < -0.4 is 9.64 Å². The summed E-state index contributed by atoms with van der Waals surface area (Å²) < 4.78 is 11.3. The van der Waals surface area contributed by atoms with Crippen LogP contribution in [0.3, 0.4) is 0 Å². The van der Waals surface area contributed by atoms with Crippen LogP contribution in [0.25, 0.3) is 11.1 Å². The van der Waals surface area contributed by atoms with E-state index in [0.717, 1.165) is 37.1 Å². The Hall–Kier alpha value is -2.58. The minimum absolute atomic E-state index is 0.369. The predicted molar refractivity (Wildman–Crippen MR) is 118 cm³/mol. The lowest BCUT2D eigenvalue weighted by Crippen LogP contribution is -2.30. The molecule has 2 aromatic rings. The molecule has 0 aliphatic rings. The van der Waals surface area contributed by atoms with Crippen LogP contribution in [0.2, 0.25) is 0 Å². The minimum atomic E-state index is -0.474. The summed E-state index contributed by atoms with van der Waals surface area (Å²) in [5.74, 6) is 0.369. The van der Waals surface area contributed by atoms with Gasteiger partial charge in [0.25, 0.3) is 0 Å². The molecule has 1 heterocycles. The molecule has 2 rings (SSSR count). The Morgan fingerprint density at radius 2 is 1.72 bits per heavy atom. The number of hydrogen-bond acceptors (Lipinski definition) is 5. The number of benzene rings is 1. The van der Waals surface area contributed by atoms with Crippen LogP contribution in [0.5, 0.6) is 5.88 Å². The second-order valence-electron chi connectivity index (χ2n) is 7.79. The van der Waals surface area contributed by atoms with Crippen molar-refractivity contribution in [2.45, 2.75) is 52.6 Å². The summed E-state index contributed by atoms with van der Waals surface area (Å²) in [4.78, 5) is 6.73. The summed E-state index contributed by atoms with van der Waals surface area (Å²) in [6, 6.07) is 12.6. The summed E-state index contributed by atoms with van der Waals surface area (Å²) >= 11 is 0. The number of nitrogens with zero attached hydrogens (tertiary/aromatic N) is 3. The molecule has 1 aromatic carbocycles. The van der Waals surface area contributed by atoms with Crippen molar-refractivity contribution >= 4 is 5.69 Å². The van der Waals surface area contributed by atoms with E-state index in [1.807, 2.05) is 19.9 Å². The van der Waals surface area contributed by atoms with Gasteiger partial charge in [0.1, 0.15) is 17.2 Å². The highest BCUT2D eigenvalue weighted by atomic mass is 16.5. The highest BCUT2D eigenvalue weighted by molar-refractivity contribution is 5.73. The van der Waals surface area contributed by atoms with Crippen molar-refractivity contribution < 1.29 is 9.47 Å². The maximum atomic E-state index is 9.81. The minimum Gasteiger partial charge on any atom is -0.471 e. The van der Waals surface area contributed by atoms with Gasteiger partial charge in [-0.1, -0.05) is 26.0 Å². The van der Waals surface area contributed by atoms with Crippen LogP contribution >= 0.6 is 0 Å². The Morgan fingerprint density at radius 3 is 2.28 bits per heavy atom. The Bertz CT molecular complexity index is 804. The first-order chi connectivity index (χ1) is 14.0. The van der Waals surface area contributed by atoms with Gasteiger partial charge >= 0.3 is 0 Å². The Kier molecular flexibility index (Phi) is 8.48. The third-order valence-electron chi connectivity index (χ3n) is 4.84. The number of methoxy groups -OCH3 is 1. The smallest absolute Gasteiger partial charge is 0.232 e. The zero-order valence-electron chi connectivity index (χ0n) is 18.4. The van der Waals surface area contributed by atoms with Crippen LogP contribution in [-0.4, -0.2) is 37.4 Å². The van der Waals surface area contributed by atoms with E-state index in [1.54, 1.807) is 13.3 Å². The lowest BCUT2D eigenvalue weighted by Gasteiger charge is -2.26. The largest absolute Gasteiger partial charge is 0.471 e. The number of aromatic nitrogens is 1. The van der Waals surface area contributed by atoms with Crippen molar-refractivity contribution in [1.29, 1.82) is 5.26 Å². The van der Waals surface area contributed by atoms with E-state index in [0.29, 0.717) is 24.5 Å². The molecule has 0 amide bonds. The number of anilines is 1. The summed E-state index contributed by atoms with van der Waals surface area (Å²) in [5, 5.41) is 9.81. The average Bonchev–Trinajstić information content (AvgIpc) is 2.72. The van der Waals surface area contributed by atoms with Gasteiger partial charge in [-0.15, -0.1) is 0 Å². The first-order valence-corrected chi connectivity index (χ1v) is 10.4. The number of pyridine rings is 1. The van der Waals surface area contributed by atoms with Crippen molar-refractivity contribution in [2.24, 2.45) is 0 Å². The van der Waals surface area contributed by atoms with Crippen LogP contribution in [-0.2, 0) is 4.74 Å². The topological polar surface area (TPSA) is 58.4 Å². The van der Waals surface area contributed by atoms with E-state index in [9.17, 15) is 5.26 Å². The second kappa shape index (κ2) is 10.8. The fourth-order valence-corrected chi connectivity index (χ4v) is 3.29. The van der Waals surface area contributed by atoms with Crippen LogP contribution in [0, 0.1) is 11.3 Å². The third kappa shape index (κ3) is 6.20. The molecule has 156 valence electrons. The summed E-state index contributed by atoms with van der Waals surface area (Å²) in [7, 11) is 1.67. The van der Waals surface area contributed by atoms with Gasteiger partial charge < -0.3 is 14.4 Å². The third-order valence-corrected chi connectivity index (χ3v) is 4.84. The van der Waals surface area contributed by atoms with Gasteiger partial charge in [-0.2, -0.15) is 5.26 Å². The second-order valence-corrected chi connectivity index (χ2v) is 7.79. The summed E-state index contributed by atoms with van der Waals surface area (Å²) in [6.07, 6.45) is 4.64. The Morgan fingerprint density at radius 1 is 1.07 bits per heavy atom. The lowest BCUT2D eigenvalue weighted by molar-refractivity contribution is 0.0588. The zero-order valence-corrected chi connectivity index (χ0v) is 18.4. The molecule has 0 spiro atoms. The Labute approximate surface area is 175 Å². The van der Waals surface area contributed by atoms with Gasteiger partial charge in [0, 0.05) is 50.7 Å². The first-order valence-electron chi connectivity index (χ1n) is 10.4. The van der Waals surface area contributed by atoms with Gasteiger partial charge in [-0.3, -0.25) is 0 Å². The molecular formula is C24H33N3O2. The molecule has 0 unspecified atom stereocenters. The number of rotatable bonds is 11. The number of nitriles is 1. The predicted octanol–water partition coefficient (Wildman–Crippen LogP) is 5.44. The van der Waals surface area contributed by atoms with Crippen molar-refractivity contribution in [1.82, 2.24) is 4.98 Å². The van der Waals surface area contributed by atoms with Gasteiger partial charge in [-0.05, 0) is 50.5 Å². The van der Waals surface area contributed by atoms with Gasteiger partial charge in [0.2, 0.25) is 5.88 Å². The molecule has 0 aliphatic carbocycles. The normalized spacial score (nSPS) is 11.2. The summed E-state index contributed by atoms with van der Waals surface area (Å²) in [5.41, 5.74) is 3.02. The molecule has 0 aliphatic heterocycles. The lowest BCUT2D eigenvalue weighted by atomic mass is 10.0. The van der Waals surface area contributed by atoms with E-state index in [1.165, 1.54) is 5.69 Å². The Balaban J connectivity index is 2.32. The quantitative estimate of drug-likeness (QED) is 0.507. The molecule has 0 saturated heterocycles. The molecule has 5 nitrogen and oxygen atoms in total. The van der Waals surface area contributed by atoms with E-state index in [2.05, 4.69) is 54.1 Å². The van der Waals surface area contributed by atoms with Crippen molar-refractivity contribution in [3.8, 4) is 23.1 Å². The van der Waals surface area contributed by atoms with Crippen LogP contribution in [0.15, 0.2) is 36.5 Å². The highest BCUT2D eigenvalue weighted by Crippen LogP contribution is 2.32. The zero-order chi connectivity index (χ0) is 21.3. The molecule has 0 N–H and O–H groups in total. The molecule has 1 aromatic heterocycles. The fraction of sp³-hybridized carbons (Fsp3) is 0.500.